The molecule has 7 heteroatoms. The molecule has 2 atom stereocenters. The van der Waals surface area contributed by atoms with E-state index in [1.54, 1.807) is 6.92 Å². The quantitative estimate of drug-likeness (QED) is 0.662. The highest BCUT2D eigenvalue weighted by molar-refractivity contribution is 7.88. The van der Waals surface area contributed by atoms with E-state index in [4.69, 9.17) is 5.11 Å². The zero-order valence-corrected chi connectivity index (χ0v) is 9.62. The number of nitrogens with one attached hydrogen (secondary N) is 1. The van der Waals surface area contributed by atoms with Gasteiger partial charge in [-0.2, -0.15) is 4.31 Å². The van der Waals surface area contributed by atoms with E-state index in [0.29, 0.717) is 6.54 Å². The average molecular weight is 236 g/mol. The van der Waals surface area contributed by atoms with Crippen molar-refractivity contribution in [1.82, 2.24) is 9.62 Å². The molecule has 15 heavy (non-hydrogen) atoms. The van der Waals surface area contributed by atoms with Gasteiger partial charge in [-0.3, -0.25) is 4.79 Å². The second-order valence-electron chi connectivity index (χ2n) is 3.88. The van der Waals surface area contributed by atoms with Crippen molar-refractivity contribution >= 4 is 16.0 Å². The summed E-state index contributed by atoms with van der Waals surface area (Å²) in [7, 11) is -3.24. The van der Waals surface area contributed by atoms with Gasteiger partial charge in [0.2, 0.25) is 10.0 Å². The average Bonchev–Trinajstić information content (AvgIpc) is 2.05. The molecule has 1 aliphatic rings. The zero-order valence-electron chi connectivity index (χ0n) is 8.80. The number of rotatable bonds is 3. The van der Waals surface area contributed by atoms with E-state index in [-0.39, 0.29) is 25.0 Å². The lowest BCUT2D eigenvalue weighted by molar-refractivity contribution is -0.137. The number of carboxylic acid groups (broad SMARTS) is 1. The van der Waals surface area contributed by atoms with Crippen molar-refractivity contribution in [2.24, 2.45) is 0 Å². The minimum Gasteiger partial charge on any atom is -0.481 e. The lowest BCUT2D eigenvalue weighted by Gasteiger charge is -2.36. The van der Waals surface area contributed by atoms with E-state index in [0.717, 1.165) is 6.26 Å². The van der Waals surface area contributed by atoms with Crippen LogP contribution < -0.4 is 5.32 Å². The third-order valence-electron chi connectivity index (χ3n) is 2.44. The summed E-state index contributed by atoms with van der Waals surface area (Å²) in [6.45, 7) is 2.52. The van der Waals surface area contributed by atoms with Crippen molar-refractivity contribution in [3.63, 3.8) is 0 Å². The predicted molar refractivity (Wildman–Crippen MR) is 55.1 cm³/mol. The van der Waals surface area contributed by atoms with E-state index in [9.17, 15) is 13.2 Å². The maximum Gasteiger partial charge on any atom is 0.304 e. The van der Waals surface area contributed by atoms with Crippen LogP contribution in [-0.4, -0.2) is 55.2 Å². The molecule has 0 saturated carbocycles. The number of hydrogen-bond donors (Lipinski definition) is 2. The topological polar surface area (TPSA) is 86.7 Å². The fourth-order valence-electron chi connectivity index (χ4n) is 1.71. The van der Waals surface area contributed by atoms with E-state index >= 15 is 0 Å². The largest absolute Gasteiger partial charge is 0.481 e. The van der Waals surface area contributed by atoms with Gasteiger partial charge in [0.15, 0.2) is 0 Å². The molecule has 6 nitrogen and oxygen atoms in total. The Kier molecular flexibility index (Phi) is 3.69. The molecule has 1 rings (SSSR count). The van der Waals surface area contributed by atoms with Crippen LogP contribution in [0.2, 0.25) is 0 Å². The highest BCUT2D eigenvalue weighted by Crippen LogP contribution is 2.12. The summed E-state index contributed by atoms with van der Waals surface area (Å²) in [6, 6.07) is -0.418. The van der Waals surface area contributed by atoms with E-state index in [2.05, 4.69) is 5.32 Å². The van der Waals surface area contributed by atoms with Gasteiger partial charge in [-0.1, -0.05) is 0 Å². The summed E-state index contributed by atoms with van der Waals surface area (Å²) in [4.78, 5) is 10.5. The first-order valence-corrected chi connectivity index (χ1v) is 6.57. The second-order valence-corrected chi connectivity index (χ2v) is 5.82. The van der Waals surface area contributed by atoms with Crippen LogP contribution in [-0.2, 0) is 14.8 Å². The molecule has 0 amide bonds. The Morgan fingerprint density at radius 1 is 1.60 bits per heavy atom. The maximum absolute atomic E-state index is 11.4. The first-order valence-electron chi connectivity index (χ1n) is 4.72. The van der Waals surface area contributed by atoms with Crippen molar-refractivity contribution in [3.8, 4) is 0 Å². The second kappa shape index (κ2) is 4.46. The summed E-state index contributed by atoms with van der Waals surface area (Å²) in [5.41, 5.74) is 0. The minimum atomic E-state index is -3.24. The molecule has 0 aromatic carbocycles. The van der Waals surface area contributed by atoms with Gasteiger partial charge < -0.3 is 10.4 Å². The number of sulfonamides is 1. The Balaban J connectivity index is 2.68. The molecule has 1 saturated heterocycles. The van der Waals surface area contributed by atoms with Gasteiger partial charge >= 0.3 is 5.97 Å². The van der Waals surface area contributed by atoms with E-state index in [1.807, 2.05) is 0 Å². The van der Waals surface area contributed by atoms with Crippen molar-refractivity contribution < 1.29 is 18.3 Å². The van der Waals surface area contributed by atoms with E-state index in [1.165, 1.54) is 4.31 Å². The Bertz CT molecular complexity index is 341. The van der Waals surface area contributed by atoms with Gasteiger partial charge in [-0.05, 0) is 6.92 Å². The predicted octanol–water partition coefficient (Wildman–Crippen LogP) is -0.917. The summed E-state index contributed by atoms with van der Waals surface area (Å²) in [5, 5.41) is 11.6. The maximum atomic E-state index is 11.4. The fraction of sp³-hybridized carbons (Fsp3) is 0.875. The molecule has 0 aliphatic carbocycles. The molecule has 0 spiro atoms. The van der Waals surface area contributed by atoms with Crippen molar-refractivity contribution in [2.75, 3.05) is 19.3 Å². The van der Waals surface area contributed by atoms with Gasteiger partial charge in [0.1, 0.15) is 0 Å². The van der Waals surface area contributed by atoms with Crippen molar-refractivity contribution in [2.45, 2.75) is 25.4 Å². The van der Waals surface area contributed by atoms with Gasteiger partial charge in [0.25, 0.3) is 0 Å². The molecular formula is C8H16N2O4S. The molecular weight excluding hydrogens is 220 g/mol. The molecule has 1 heterocycles. The Hall–Kier alpha value is -0.660. The Morgan fingerprint density at radius 3 is 2.67 bits per heavy atom. The highest BCUT2D eigenvalue weighted by Gasteiger charge is 2.31. The summed E-state index contributed by atoms with van der Waals surface area (Å²) < 4.78 is 24.1. The number of aliphatic carboxylic acids is 1. The number of carboxylic acids is 1. The van der Waals surface area contributed by atoms with Gasteiger partial charge in [-0.15, -0.1) is 0 Å². The first kappa shape index (κ1) is 12.4. The Labute approximate surface area is 89.3 Å². The van der Waals surface area contributed by atoms with Crippen molar-refractivity contribution in [3.05, 3.63) is 0 Å². The SMILES string of the molecule is C[C@H]1CN[C@@H](CC(=O)O)CN1S(C)(=O)=O. The van der Waals surface area contributed by atoms with Gasteiger partial charge in [0, 0.05) is 25.2 Å². The number of piperazine rings is 1. The zero-order chi connectivity index (χ0) is 11.6. The van der Waals surface area contributed by atoms with Crippen LogP contribution >= 0.6 is 0 Å². The smallest absolute Gasteiger partial charge is 0.304 e. The van der Waals surface area contributed by atoms with Gasteiger partial charge in [-0.25, -0.2) is 8.42 Å². The van der Waals surface area contributed by atoms with E-state index < -0.39 is 16.0 Å². The minimum absolute atomic E-state index is 0.0568. The van der Waals surface area contributed by atoms with Crippen LogP contribution in [0.3, 0.4) is 0 Å². The standard InChI is InChI=1S/C8H16N2O4S/c1-6-4-9-7(3-8(11)12)5-10(6)15(2,13)14/h6-7,9H,3-5H2,1-2H3,(H,11,12)/t6-,7-/m0/s1. The summed E-state index contributed by atoms with van der Waals surface area (Å²) in [6.07, 6.45) is 1.09. The summed E-state index contributed by atoms with van der Waals surface area (Å²) >= 11 is 0. The molecule has 2 N–H and O–H groups in total. The third-order valence-corrected chi connectivity index (χ3v) is 3.80. The molecule has 1 fully saturated rings. The molecule has 0 aromatic heterocycles. The fourth-order valence-corrected chi connectivity index (χ4v) is 2.89. The van der Waals surface area contributed by atoms with Crippen LogP contribution in [0.15, 0.2) is 0 Å². The molecule has 1 aliphatic heterocycles. The van der Waals surface area contributed by atoms with Crippen LogP contribution in [0.1, 0.15) is 13.3 Å². The van der Waals surface area contributed by atoms with Crippen molar-refractivity contribution in [1.29, 1.82) is 0 Å². The normalized spacial score (nSPS) is 28.9. The van der Waals surface area contributed by atoms with Crippen LogP contribution in [0.25, 0.3) is 0 Å². The number of hydrogen-bond acceptors (Lipinski definition) is 4. The molecule has 0 aromatic rings. The van der Waals surface area contributed by atoms with Gasteiger partial charge in [0.05, 0.1) is 12.7 Å². The number of carbonyl (C=O) groups is 1. The number of nitrogens with zero attached hydrogens (tertiary/aromatic N) is 1. The van der Waals surface area contributed by atoms with Crippen LogP contribution in [0.5, 0.6) is 0 Å². The third kappa shape index (κ3) is 3.44. The van der Waals surface area contributed by atoms with Crippen LogP contribution in [0.4, 0.5) is 0 Å². The first-order chi connectivity index (χ1) is 6.80. The van der Waals surface area contributed by atoms with Crippen LogP contribution in [0, 0.1) is 0 Å². The highest BCUT2D eigenvalue weighted by atomic mass is 32.2. The molecule has 0 unspecified atom stereocenters. The summed E-state index contributed by atoms with van der Waals surface area (Å²) in [5.74, 6) is -0.921. The Morgan fingerprint density at radius 2 is 2.20 bits per heavy atom. The monoisotopic (exact) mass is 236 g/mol. The molecule has 0 bridgehead atoms. The molecule has 0 radical (unpaired) electrons. The lowest BCUT2D eigenvalue weighted by atomic mass is 10.1. The lowest BCUT2D eigenvalue weighted by Crippen LogP contribution is -2.57. The molecule has 88 valence electrons.